The number of halogens is 2. The highest BCUT2D eigenvalue weighted by atomic mass is 35.5. The van der Waals surface area contributed by atoms with Crippen molar-refractivity contribution in [1.82, 2.24) is 14.9 Å². The number of benzene rings is 3. The van der Waals surface area contributed by atoms with E-state index in [-0.39, 0.29) is 11.6 Å². The van der Waals surface area contributed by atoms with E-state index in [0.29, 0.717) is 27.9 Å². The van der Waals surface area contributed by atoms with Crippen molar-refractivity contribution in [2.75, 3.05) is 0 Å². The highest BCUT2D eigenvalue weighted by Crippen LogP contribution is 2.32. The summed E-state index contributed by atoms with van der Waals surface area (Å²) >= 11 is 12.5. The summed E-state index contributed by atoms with van der Waals surface area (Å²) in [7, 11) is 0. The second kappa shape index (κ2) is 8.43. The van der Waals surface area contributed by atoms with Gasteiger partial charge in [0.25, 0.3) is 5.91 Å². The van der Waals surface area contributed by atoms with Gasteiger partial charge in [0.05, 0.1) is 17.2 Å². The Balaban J connectivity index is 1.49. The summed E-state index contributed by atoms with van der Waals surface area (Å²) in [5.74, 6) is 0.182. The molecule has 1 aliphatic rings. The maximum atomic E-state index is 13.1. The summed E-state index contributed by atoms with van der Waals surface area (Å²) in [5.41, 5.74) is 3.62. The number of aliphatic hydroxyl groups excluding tert-OH is 1. The summed E-state index contributed by atoms with van der Waals surface area (Å²) in [5, 5.41) is 14.7. The van der Waals surface area contributed by atoms with Crippen LogP contribution in [0.3, 0.4) is 0 Å². The summed E-state index contributed by atoms with van der Waals surface area (Å²) in [6.45, 7) is 0. The third kappa shape index (κ3) is 3.79. The van der Waals surface area contributed by atoms with Gasteiger partial charge >= 0.3 is 0 Å². The fraction of sp³-hybridized carbons (Fsp3) is 0.120. The molecule has 1 aliphatic carbocycles. The summed E-state index contributed by atoms with van der Waals surface area (Å²) < 4.78 is 1.81. The molecule has 0 radical (unpaired) electrons. The summed E-state index contributed by atoms with van der Waals surface area (Å²) in [6, 6.07) is 21.9. The number of carbonyl (C=O) groups is 1. The lowest BCUT2D eigenvalue weighted by molar-refractivity contribution is 0.0854. The molecule has 5 rings (SSSR count). The van der Waals surface area contributed by atoms with Gasteiger partial charge in [0.1, 0.15) is 11.5 Å². The van der Waals surface area contributed by atoms with E-state index in [0.717, 1.165) is 16.8 Å². The largest absolute Gasteiger partial charge is 0.386 e. The molecule has 0 saturated carbocycles. The Morgan fingerprint density at radius 2 is 1.72 bits per heavy atom. The Hall–Kier alpha value is -3.12. The van der Waals surface area contributed by atoms with Gasteiger partial charge < -0.3 is 10.4 Å². The molecule has 2 unspecified atom stereocenters. The number of nitrogens with zero attached hydrogens (tertiary/aromatic N) is 2. The van der Waals surface area contributed by atoms with Gasteiger partial charge in [0, 0.05) is 22.5 Å². The standard InChI is InChI=1S/C25H19Cl2N3O2/c26-16-9-11-17(12-10-16)30-14-22(28-24(30)19-7-3-4-8-20(19)27)25(32)29-21-13-15-5-1-2-6-18(15)23(21)31/h1-12,14,21,23,31H,13H2,(H,29,32). The molecular formula is C25H19Cl2N3O2. The molecule has 1 heterocycles. The normalized spacial score (nSPS) is 17.2. The molecule has 0 saturated heterocycles. The lowest BCUT2D eigenvalue weighted by atomic mass is 10.1. The number of fused-ring (bicyclic) bond motifs is 1. The maximum absolute atomic E-state index is 13.1. The van der Waals surface area contributed by atoms with Crippen LogP contribution in [0, 0.1) is 0 Å². The van der Waals surface area contributed by atoms with Gasteiger partial charge in [-0.1, -0.05) is 59.6 Å². The zero-order valence-corrected chi connectivity index (χ0v) is 18.4. The average molecular weight is 464 g/mol. The number of rotatable bonds is 4. The first kappa shape index (κ1) is 20.8. The van der Waals surface area contributed by atoms with E-state index >= 15 is 0 Å². The predicted octanol–water partition coefficient (Wildman–Crippen LogP) is 5.23. The molecule has 0 spiro atoms. The Labute approximate surface area is 195 Å². The highest BCUT2D eigenvalue weighted by molar-refractivity contribution is 6.33. The number of imidazole rings is 1. The average Bonchev–Trinajstić information content (AvgIpc) is 3.37. The highest BCUT2D eigenvalue weighted by Gasteiger charge is 2.32. The Kier molecular flexibility index (Phi) is 5.47. The van der Waals surface area contributed by atoms with Crippen LogP contribution in [0.4, 0.5) is 0 Å². The quantitative estimate of drug-likeness (QED) is 0.435. The van der Waals surface area contributed by atoms with Crippen LogP contribution in [0.1, 0.15) is 27.7 Å². The first-order valence-corrected chi connectivity index (χ1v) is 10.9. The first-order valence-electron chi connectivity index (χ1n) is 10.2. The zero-order valence-electron chi connectivity index (χ0n) is 16.9. The summed E-state index contributed by atoms with van der Waals surface area (Å²) in [6.07, 6.45) is 1.49. The minimum atomic E-state index is -0.753. The van der Waals surface area contributed by atoms with E-state index in [4.69, 9.17) is 23.2 Å². The number of hydrogen-bond acceptors (Lipinski definition) is 3. The molecule has 32 heavy (non-hydrogen) atoms. The van der Waals surface area contributed by atoms with Crippen LogP contribution >= 0.6 is 23.2 Å². The number of aliphatic hydroxyl groups is 1. The van der Waals surface area contributed by atoms with Gasteiger partial charge in [-0.25, -0.2) is 4.98 Å². The molecule has 0 aliphatic heterocycles. The van der Waals surface area contributed by atoms with Gasteiger partial charge in [-0.05, 0) is 53.9 Å². The van der Waals surface area contributed by atoms with Crippen molar-refractivity contribution >= 4 is 29.1 Å². The fourth-order valence-corrected chi connectivity index (χ4v) is 4.41. The van der Waals surface area contributed by atoms with Crippen molar-refractivity contribution in [3.8, 4) is 17.1 Å². The van der Waals surface area contributed by atoms with Crippen molar-refractivity contribution in [3.63, 3.8) is 0 Å². The maximum Gasteiger partial charge on any atom is 0.271 e. The van der Waals surface area contributed by atoms with E-state index in [1.165, 1.54) is 0 Å². The Morgan fingerprint density at radius 3 is 2.47 bits per heavy atom. The second-order valence-corrected chi connectivity index (χ2v) is 8.55. The molecule has 160 valence electrons. The molecule has 4 aromatic rings. The molecule has 7 heteroatoms. The molecule has 1 aromatic heterocycles. The SMILES string of the molecule is O=C(NC1Cc2ccccc2C1O)c1cn(-c2ccc(Cl)cc2)c(-c2ccccc2Cl)n1. The van der Waals surface area contributed by atoms with Crippen molar-refractivity contribution in [1.29, 1.82) is 0 Å². The van der Waals surface area contributed by atoms with Crippen molar-refractivity contribution < 1.29 is 9.90 Å². The number of amides is 1. The van der Waals surface area contributed by atoms with Gasteiger partial charge in [-0.15, -0.1) is 0 Å². The van der Waals surface area contributed by atoms with Crippen LogP contribution in [0.15, 0.2) is 79.0 Å². The van der Waals surface area contributed by atoms with E-state index in [2.05, 4.69) is 10.3 Å². The zero-order chi connectivity index (χ0) is 22.2. The minimum absolute atomic E-state index is 0.234. The summed E-state index contributed by atoms with van der Waals surface area (Å²) in [4.78, 5) is 17.7. The second-order valence-electron chi connectivity index (χ2n) is 7.70. The molecule has 2 N–H and O–H groups in total. The van der Waals surface area contributed by atoms with Crippen LogP contribution in [0.25, 0.3) is 17.1 Å². The van der Waals surface area contributed by atoms with E-state index in [1.807, 2.05) is 59.2 Å². The van der Waals surface area contributed by atoms with E-state index in [9.17, 15) is 9.90 Å². The Bertz CT molecular complexity index is 1300. The van der Waals surface area contributed by atoms with Gasteiger partial charge in [0.15, 0.2) is 0 Å². The van der Waals surface area contributed by atoms with E-state index < -0.39 is 12.1 Å². The molecule has 1 amide bonds. The van der Waals surface area contributed by atoms with Gasteiger partial charge in [-0.2, -0.15) is 0 Å². The molecule has 3 aromatic carbocycles. The molecule has 2 atom stereocenters. The minimum Gasteiger partial charge on any atom is -0.386 e. The van der Waals surface area contributed by atoms with Crippen molar-refractivity contribution in [3.05, 3.63) is 106 Å². The topological polar surface area (TPSA) is 67.2 Å². The fourth-order valence-electron chi connectivity index (χ4n) is 4.07. The molecular weight excluding hydrogens is 445 g/mol. The number of nitrogens with one attached hydrogen (secondary N) is 1. The monoisotopic (exact) mass is 463 g/mol. The van der Waals surface area contributed by atoms with Gasteiger partial charge in [-0.3, -0.25) is 9.36 Å². The lowest BCUT2D eigenvalue weighted by Gasteiger charge is -2.16. The lowest BCUT2D eigenvalue weighted by Crippen LogP contribution is -2.38. The van der Waals surface area contributed by atoms with Crippen LogP contribution in [0.2, 0.25) is 10.0 Å². The van der Waals surface area contributed by atoms with Crippen LogP contribution in [-0.4, -0.2) is 26.6 Å². The van der Waals surface area contributed by atoms with Crippen molar-refractivity contribution in [2.24, 2.45) is 0 Å². The third-order valence-electron chi connectivity index (χ3n) is 5.67. The Morgan fingerprint density at radius 1 is 1.00 bits per heavy atom. The number of hydrogen-bond donors (Lipinski definition) is 2. The van der Waals surface area contributed by atoms with Crippen LogP contribution < -0.4 is 5.32 Å². The number of aromatic nitrogens is 2. The third-order valence-corrected chi connectivity index (χ3v) is 6.25. The molecule has 0 fully saturated rings. The predicted molar refractivity (Wildman–Crippen MR) is 125 cm³/mol. The molecule has 0 bridgehead atoms. The van der Waals surface area contributed by atoms with Crippen LogP contribution in [-0.2, 0) is 6.42 Å². The first-order chi connectivity index (χ1) is 15.5. The van der Waals surface area contributed by atoms with Gasteiger partial charge in [0.2, 0.25) is 0 Å². The number of carbonyl (C=O) groups excluding carboxylic acids is 1. The van der Waals surface area contributed by atoms with Crippen molar-refractivity contribution in [2.45, 2.75) is 18.6 Å². The van der Waals surface area contributed by atoms with E-state index in [1.54, 1.807) is 24.4 Å². The molecule has 5 nitrogen and oxygen atoms in total. The van der Waals surface area contributed by atoms with Crippen LogP contribution in [0.5, 0.6) is 0 Å². The smallest absolute Gasteiger partial charge is 0.271 e.